The fourth-order valence-electron chi connectivity index (χ4n) is 1.35. The maximum absolute atomic E-state index is 10.7. The molecule has 1 aromatic carbocycles. The Morgan fingerprint density at radius 2 is 1.47 bits per heavy atom. The zero-order chi connectivity index (χ0) is 13.3. The second-order valence-corrected chi connectivity index (χ2v) is 3.09. The quantitative estimate of drug-likeness (QED) is 0.475. The van der Waals surface area contributed by atoms with Gasteiger partial charge in [0.05, 0.1) is 14.8 Å². The lowest BCUT2D eigenvalue weighted by molar-refractivity contribution is -0.423. The largest absolute Gasteiger partial charge is 0.387 e. The summed E-state index contributed by atoms with van der Waals surface area (Å²) >= 11 is 0. The molecule has 0 aromatic heterocycles. The van der Waals surface area contributed by atoms with Crippen LogP contribution in [0.2, 0.25) is 0 Å². The van der Waals surface area contributed by atoms with Crippen molar-refractivity contribution in [3.63, 3.8) is 0 Å². The van der Waals surface area contributed by atoms with Crippen LogP contribution in [0.25, 0.3) is 0 Å². The Morgan fingerprint density at radius 3 is 1.82 bits per heavy atom. The number of hydrogen-bond donors (Lipinski definition) is 1. The van der Waals surface area contributed by atoms with E-state index in [2.05, 4.69) is 0 Å². The molecule has 10 nitrogen and oxygen atoms in total. The van der Waals surface area contributed by atoms with Crippen LogP contribution in [0.5, 0.6) is 0 Å². The van der Waals surface area contributed by atoms with Crippen LogP contribution in [-0.4, -0.2) is 14.8 Å². The minimum absolute atomic E-state index is 0.192. The average Bonchev–Trinajstić information content (AvgIpc) is 2.18. The monoisotopic (exact) mass is 242 g/mol. The standard InChI is InChI=1S/C7H6N4O6/c1-3-2-4(9(12)13)5(8)7(11(16)17)6(3)10(14)15/h2H,8H2,1H3. The highest BCUT2D eigenvalue weighted by Crippen LogP contribution is 2.41. The molecule has 10 heteroatoms. The summed E-state index contributed by atoms with van der Waals surface area (Å²) < 4.78 is 0. The first-order chi connectivity index (χ1) is 7.77. The molecule has 1 aromatic rings. The average molecular weight is 242 g/mol. The molecule has 0 bridgehead atoms. The number of nitrogens with two attached hydrogens (primary N) is 1. The predicted molar refractivity (Wildman–Crippen MR) is 55.6 cm³/mol. The summed E-state index contributed by atoms with van der Waals surface area (Å²) in [5.41, 5.74) is 1.58. The Kier molecular flexibility index (Phi) is 2.89. The third-order valence-corrected chi connectivity index (χ3v) is 2.04. The van der Waals surface area contributed by atoms with E-state index < -0.39 is 37.5 Å². The predicted octanol–water partition coefficient (Wildman–Crippen LogP) is 1.30. The molecule has 90 valence electrons. The first-order valence-electron chi connectivity index (χ1n) is 4.13. The molecule has 0 radical (unpaired) electrons. The van der Waals surface area contributed by atoms with E-state index in [1.54, 1.807) is 0 Å². The molecule has 0 amide bonds. The van der Waals surface area contributed by atoms with Crippen LogP contribution in [0, 0.1) is 37.3 Å². The van der Waals surface area contributed by atoms with E-state index in [1.807, 2.05) is 0 Å². The van der Waals surface area contributed by atoms with E-state index in [-0.39, 0.29) is 5.56 Å². The fourth-order valence-corrected chi connectivity index (χ4v) is 1.35. The highest BCUT2D eigenvalue weighted by atomic mass is 16.6. The highest BCUT2D eigenvalue weighted by Gasteiger charge is 2.36. The van der Waals surface area contributed by atoms with Gasteiger partial charge in [0.1, 0.15) is 0 Å². The molecule has 0 atom stereocenters. The van der Waals surface area contributed by atoms with Gasteiger partial charge in [0.2, 0.25) is 0 Å². The maximum atomic E-state index is 10.7. The van der Waals surface area contributed by atoms with Crippen molar-refractivity contribution < 1.29 is 14.8 Å². The number of nitrogen functional groups attached to an aromatic ring is 1. The van der Waals surface area contributed by atoms with Gasteiger partial charge in [-0.25, -0.2) is 0 Å². The Labute approximate surface area is 93.1 Å². The molecule has 0 spiro atoms. The number of nitro benzene ring substituents is 3. The Balaban J connectivity index is 3.78. The number of nitrogens with zero attached hydrogens (tertiary/aromatic N) is 3. The normalized spacial score (nSPS) is 9.94. The minimum Gasteiger partial charge on any atom is -0.387 e. The van der Waals surface area contributed by atoms with Crippen LogP contribution in [0.3, 0.4) is 0 Å². The summed E-state index contributed by atoms with van der Waals surface area (Å²) in [6.45, 7) is 1.16. The van der Waals surface area contributed by atoms with Crippen molar-refractivity contribution in [2.24, 2.45) is 0 Å². The lowest BCUT2D eigenvalue weighted by atomic mass is 10.1. The van der Waals surface area contributed by atoms with E-state index >= 15 is 0 Å². The van der Waals surface area contributed by atoms with Gasteiger partial charge in [0, 0.05) is 11.6 Å². The molecule has 0 saturated carbocycles. The second-order valence-electron chi connectivity index (χ2n) is 3.09. The molecule has 2 N–H and O–H groups in total. The molecule has 0 heterocycles. The molecule has 0 fully saturated rings. The molecular formula is C7H6N4O6. The summed E-state index contributed by atoms with van der Waals surface area (Å²) in [7, 11) is 0. The molecule has 0 saturated heterocycles. The van der Waals surface area contributed by atoms with Crippen LogP contribution in [0.4, 0.5) is 22.7 Å². The number of aryl methyl sites for hydroxylation is 1. The number of rotatable bonds is 3. The van der Waals surface area contributed by atoms with E-state index in [0.29, 0.717) is 0 Å². The zero-order valence-corrected chi connectivity index (χ0v) is 8.45. The first-order valence-corrected chi connectivity index (χ1v) is 4.13. The SMILES string of the molecule is Cc1cc([N+](=O)[O-])c(N)c([N+](=O)[O-])c1[N+](=O)[O-]. The smallest absolute Gasteiger partial charge is 0.376 e. The van der Waals surface area contributed by atoms with Gasteiger partial charge in [-0.3, -0.25) is 30.3 Å². The van der Waals surface area contributed by atoms with Crippen molar-refractivity contribution >= 4 is 22.7 Å². The molecule has 0 aliphatic carbocycles. The van der Waals surface area contributed by atoms with E-state index in [1.165, 1.54) is 0 Å². The summed E-state index contributed by atoms with van der Waals surface area (Å²) in [5.74, 6) is 0. The van der Waals surface area contributed by atoms with Crippen LogP contribution < -0.4 is 5.73 Å². The molecule has 17 heavy (non-hydrogen) atoms. The van der Waals surface area contributed by atoms with Crippen LogP contribution in [-0.2, 0) is 0 Å². The van der Waals surface area contributed by atoms with E-state index in [9.17, 15) is 30.3 Å². The van der Waals surface area contributed by atoms with Crippen molar-refractivity contribution in [3.8, 4) is 0 Å². The van der Waals surface area contributed by atoms with Gasteiger partial charge in [-0.15, -0.1) is 0 Å². The maximum Gasteiger partial charge on any atom is 0.376 e. The van der Waals surface area contributed by atoms with Crippen molar-refractivity contribution in [1.82, 2.24) is 0 Å². The third kappa shape index (κ3) is 1.95. The van der Waals surface area contributed by atoms with Crippen molar-refractivity contribution in [2.75, 3.05) is 5.73 Å². The van der Waals surface area contributed by atoms with Gasteiger partial charge in [-0.2, -0.15) is 0 Å². The van der Waals surface area contributed by atoms with Crippen LogP contribution >= 0.6 is 0 Å². The van der Waals surface area contributed by atoms with E-state index in [0.717, 1.165) is 13.0 Å². The van der Waals surface area contributed by atoms with Gasteiger partial charge >= 0.3 is 11.4 Å². The molecular weight excluding hydrogens is 236 g/mol. The Morgan fingerprint density at radius 1 is 1.00 bits per heavy atom. The summed E-state index contributed by atoms with van der Waals surface area (Å²) in [5, 5.41) is 31.9. The summed E-state index contributed by atoms with van der Waals surface area (Å²) in [6.07, 6.45) is 0. The topological polar surface area (TPSA) is 155 Å². The fraction of sp³-hybridized carbons (Fsp3) is 0.143. The van der Waals surface area contributed by atoms with Crippen molar-refractivity contribution in [3.05, 3.63) is 42.0 Å². The first kappa shape index (κ1) is 12.3. The van der Waals surface area contributed by atoms with Crippen LogP contribution in [0.15, 0.2) is 6.07 Å². The van der Waals surface area contributed by atoms with Crippen molar-refractivity contribution in [1.29, 1.82) is 0 Å². The highest BCUT2D eigenvalue weighted by molar-refractivity contribution is 5.80. The van der Waals surface area contributed by atoms with Gasteiger partial charge < -0.3 is 5.73 Å². The lowest BCUT2D eigenvalue weighted by Gasteiger charge is -2.02. The molecule has 0 unspecified atom stereocenters. The number of hydrogen-bond acceptors (Lipinski definition) is 7. The van der Waals surface area contributed by atoms with E-state index in [4.69, 9.17) is 5.73 Å². The molecule has 0 aliphatic rings. The number of benzene rings is 1. The third-order valence-electron chi connectivity index (χ3n) is 2.04. The van der Waals surface area contributed by atoms with Crippen molar-refractivity contribution in [2.45, 2.75) is 6.92 Å². The zero-order valence-electron chi connectivity index (χ0n) is 8.45. The Bertz CT molecular complexity index is 540. The second kappa shape index (κ2) is 4.00. The minimum atomic E-state index is -1.10. The lowest BCUT2D eigenvalue weighted by Crippen LogP contribution is -2.06. The summed E-state index contributed by atoms with van der Waals surface area (Å²) in [6, 6.07) is 0.834. The molecule has 0 aliphatic heterocycles. The number of anilines is 1. The number of nitro groups is 3. The van der Waals surface area contributed by atoms with Gasteiger partial charge in [-0.05, 0) is 6.92 Å². The Hall–Kier alpha value is -2.78. The van der Waals surface area contributed by atoms with Gasteiger partial charge in [0.15, 0.2) is 5.69 Å². The van der Waals surface area contributed by atoms with Gasteiger partial charge in [-0.1, -0.05) is 0 Å². The summed E-state index contributed by atoms with van der Waals surface area (Å²) in [4.78, 5) is 28.9. The van der Waals surface area contributed by atoms with Gasteiger partial charge in [0.25, 0.3) is 5.69 Å². The molecule has 1 rings (SSSR count). The van der Waals surface area contributed by atoms with Crippen LogP contribution in [0.1, 0.15) is 5.56 Å².